The van der Waals surface area contributed by atoms with Gasteiger partial charge in [0.1, 0.15) is 11.9 Å². The molecule has 1 heterocycles. The van der Waals surface area contributed by atoms with Crippen LogP contribution < -0.4 is 4.74 Å². The quantitative estimate of drug-likeness (QED) is 0.211. The molecule has 3 unspecified atom stereocenters. The third-order valence-electron chi connectivity index (χ3n) is 9.15. The Labute approximate surface area is 237 Å². The maximum Gasteiger partial charge on any atom is 0.338 e. The summed E-state index contributed by atoms with van der Waals surface area (Å²) in [5, 5.41) is 0. The zero-order valence-corrected chi connectivity index (χ0v) is 23.4. The van der Waals surface area contributed by atoms with E-state index in [9.17, 15) is 4.79 Å². The van der Waals surface area contributed by atoms with Crippen LogP contribution in [0.15, 0.2) is 72.8 Å². The van der Waals surface area contributed by atoms with Crippen LogP contribution in [0.1, 0.15) is 60.0 Å². The van der Waals surface area contributed by atoms with Gasteiger partial charge in [-0.1, -0.05) is 54.6 Å². The highest BCUT2D eigenvalue weighted by molar-refractivity contribution is 5.90. The first-order valence-corrected chi connectivity index (χ1v) is 14.9. The van der Waals surface area contributed by atoms with Crippen molar-refractivity contribution in [2.45, 2.75) is 63.8 Å². The molecule has 0 spiro atoms. The average Bonchev–Trinajstić information content (AvgIpc) is 3.34. The Kier molecular flexibility index (Phi) is 8.50. The van der Waals surface area contributed by atoms with Gasteiger partial charge >= 0.3 is 5.97 Å². The molecule has 1 aliphatic heterocycles. The molecule has 3 aromatic carbocycles. The van der Waals surface area contributed by atoms with Crippen LogP contribution in [0.3, 0.4) is 0 Å². The molecule has 6 rings (SSSR count). The molecule has 0 aromatic heterocycles. The fourth-order valence-corrected chi connectivity index (χ4v) is 7.11. The number of ether oxygens (including phenoxy) is 4. The van der Waals surface area contributed by atoms with Gasteiger partial charge in [-0.3, -0.25) is 0 Å². The van der Waals surface area contributed by atoms with Crippen molar-refractivity contribution in [2.24, 2.45) is 17.8 Å². The van der Waals surface area contributed by atoms with E-state index < -0.39 is 0 Å². The highest BCUT2D eigenvalue weighted by Gasteiger charge is 2.47. The monoisotopic (exact) mass is 540 g/mol. The Bertz CT molecular complexity index is 1260. The number of carbonyl (C=O) groups excluding carboxylic acids is 1. The summed E-state index contributed by atoms with van der Waals surface area (Å²) in [6, 6.07) is 24.4. The van der Waals surface area contributed by atoms with E-state index in [1.54, 1.807) is 7.11 Å². The number of methoxy groups -OCH3 is 1. The second kappa shape index (κ2) is 12.6. The first-order chi connectivity index (χ1) is 19.7. The molecule has 5 nitrogen and oxygen atoms in total. The summed E-state index contributed by atoms with van der Waals surface area (Å²) in [7, 11) is 1.75. The van der Waals surface area contributed by atoms with Crippen LogP contribution in [0, 0.1) is 17.8 Å². The molecule has 0 amide bonds. The molecular weight excluding hydrogens is 500 g/mol. The van der Waals surface area contributed by atoms with Crippen LogP contribution in [0.5, 0.6) is 5.75 Å². The molecule has 1 saturated heterocycles. The van der Waals surface area contributed by atoms with Crippen molar-refractivity contribution < 1.29 is 23.7 Å². The maximum atomic E-state index is 13.4. The smallest absolute Gasteiger partial charge is 0.338 e. The van der Waals surface area contributed by atoms with Gasteiger partial charge in [0.25, 0.3) is 0 Å². The molecule has 210 valence electrons. The molecule has 1 saturated carbocycles. The number of carbonyl (C=O) groups is 1. The lowest BCUT2D eigenvalue weighted by atomic mass is 9.73. The lowest BCUT2D eigenvalue weighted by Gasteiger charge is -2.32. The van der Waals surface area contributed by atoms with Crippen molar-refractivity contribution in [2.75, 3.05) is 20.3 Å². The first kappa shape index (κ1) is 27.0. The zero-order valence-electron chi connectivity index (χ0n) is 23.4. The highest BCUT2D eigenvalue weighted by atomic mass is 16.7. The molecule has 2 aliphatic carbocycles. The van der Waals surface area contributed by atoms with Gasteiger partial charge in [0, 0.05) is 13.2 Å². The second-order valence-corrected chi connectivity index (χ2v) is 11.5. The second-order valence-electron chi connectivity index (χ2n) is 11.5. The summed E-state index contributed by atoms with van der Waals surface area (Å²) in [6.45, 7) is 1.48. The third kappa shape index (κ3) is 5.96. The van der Waals surface area contributed by atoms with E-state index in [1.807, 2.05) is 42.5 Å². The van der Waals surface area contributed by atoms with E-state index in [-0.39, 0.29) is 18.4 Å². The third-order valence-corrected chi connectivity index (χ3v) is 9.15. The average molecular weight is 541 g/mol. The van der Waals surface area contributed by atoms with E-state index in [4.69, 9.17) is 18.9 Å². The van der Waals surface area contributed by atoms with Gasteiger partial charge in [-0.2, -0.15) is 0 Å². The van der Waals surface area contributed by atoms with Crippen molar-refractivity contribution in [3.8, 4) is 16.9 Å². The molecule has 5 heteroatoms. The van der Waals surface area contributed by atoms with Crippen LogP contribution >= 0.6 is 0 Å². The summed E-state index contributed by atoms with van der Waals surface area (Å²) < 4.78 is 23.8. The lowest BCUT2D eigenvalue weighted by molar-refractivity contribution is -0.163. The van der Waals surface area contributed by atoms with E-state index in [2.05, 4.69) is 30.3 Å². The molecule has 3 aliphatic rings. The fourth-order valence-electron chi connectivity index (χ4n) is 7.11. The van der Waals surface area contributed by atoms with Crippen LogP contribution in [0.25, 0.3) is 11.1 Å². The van der Waals surface area contributed by atoms with Gasteiger partial charge < -0.3 is 18.9 Å². The summed E-state index contributed by atoms with van der Waals surface area (Å²) in [5.74, 6) is 2.04. The molecule has 0 radical (unpaired) electrons. The Morgan fingerprint density at radius 3 is 2.52 bits per heavy atom. The minimum Gasteiger partial charge on any atom is -0.496 e. The summed E-state index contributed by atoms with van der Waals surface area (Å²) in [5.41, 5.74) is 5.54. The zero-order chi connectivity index (χ0) is 27.3. The van der Waals surface area contributed by atoms with E-state index in [0.717, 1.165) is 68.4 Å². The normalized spacial score (nSPS) is 25.6. The van der Waals surface area contributed by atoms with Gasteiger partial charge in [-0.15, -0.1) is 0 Å². The lowest BCUT2D eigenvalue weighted by Crippen LogP contribution is -2.29. The molecule has 40 heavy (non-hydrogen) atoms. The number of fused-ring (bicyclic) bond motifs is 2. The van der Waals surface area contributed by atoms with Gasteiger partial charge in [-0.05, 0) is 110 Å². The Morgan fingerprint density at radius 1 is 0.925 bits per heavy atom. The molecule has 0 bridgehead atoms. The molecular formula is C35H40O5. The molecule has 0 N–H and O–H groups in total. The summed E-state index contributed by atoms with van der Waals surface area (Å²) >= 11 is 0. The topological polar surface area (TPSA) is 54.0 Å². The molecule has 5 atom stereocenters. The van der Waals surface area contributed by atoms with Crippen molar-refractivity contribution in [1.82, 2.24) is 0 Å². The largest absolute Gasteiger partial charge is 0.496 e. The highest BCUT2D eigenvalue weighted by Crippen LogP contribution is 2.49. The van der Waals surface area contributed by atoms with Crippen LogP contribution in [-0.2, 0) is 27.1 Å². The minimum atomic E-state index is -0.227. The number of esters is 1. The van der Waals surface area contributed by atoms with E-state index in [0.29, 0.717) is 29.9 Å². The van der Waals surface area contributed by atoms with Crippen LogP contribution in [0.2, 0.25) is 0 Å². The SMILES string of the molecule is COc1cccc2c1CC1CC(OC(=O)c3ccc(-c4ccccc4)cc3)[C@H](CCCOC3CCCCO3)[C@H]1C2. The van der Waals surface area contributed by atoms with Gasteiger partial charge in [-0.25, -0.2) is 4.79 Å². The standard InChI is InChI=1S/C35H40O5/c1-37-32-13-7-11-27-21-30-28(22-31(27)32)23-33(29(30)12-8-20-39-34-14-5-6-19-38-34)40-35(36)26-17-15-25(16-18-26)24-9-3-2-4-10-24/h2-4,7,9-11,13,15-18,28-30,33-34H,5-6,8,12,14,19-23H2,1H3/t28?,29-,30+,33?,34?/m1/s1. The van der Waals surface area contributed by atoms with E-state index in [1.165, 1.54) is 17.5 Å². The Morgan fingerprint density at radius 2 is 1.75 bits per heavy atom. The van der Waals surface area contributed by atoms with Crippen LogP contribution in [0.4, 0.5) is 0 Å². The predicted molar refractivity (Wildman–Crippen MR) is 155 cm³/mol. The van der Waals surface area contributed by atoms with Gasteiger partial charge in [0.05, 0.1) is 12.7 Å². The van der Waals surface area contributed by atoms with Crippen molar-refractivity contribution in [3.05, 3.63) is 89.5 Å². The summed E-state index contributed by atoms with van der Waals surface area (Å²) in [6.07, 6.45) is 7.93. The van der Waals surface area contributed by atoms with Gasteiger partial charge in [0.15, 0.2) is 6.29 Å². The van der Waals surface area contributed by atoms with Crippen molar-refractivity contribution in [1.29, 1.82) is 0 Å². The maximum absolute atomic E-state index is 13.4. The minimum absolute atomic E-state index is 0.0634. The van der Waals surface area contributed by atoms with E-state index >= 15 is 0 Å². The summed E-state index contributed by atoms with van der Waals surface area (Å²) in [4.78, 5) is 13.4. The first-order valence-electron chi connectivity index (χ1n) is 14.9. The fraction of sp³-hybridized carbons (Fsp3) is 0.457. The van der Waals surface area contributed by atoms with Crippen LogP contribution in [-0.4, -0.2) is 38.7 Å². The Hall–Kier alpha value is -3.15. The number of rotatable bonds is 9. The molecule has 2 fully saturated rings. The Balaban J connectivity index is 1.15. The number of hydrogen-bond acceptors (Lipinski definition) is 5. The number of hydrogen-bond donors (Lipinski definition) is 0. The van der Waals surface area contributed by atoms with Crippen molar-refractivity contribution >= 4 is 5.97 Å². The molecule has 3 aromatic rings. The van der Waals surface area contributed by atoms with Gasteiger partial charge in [0.2, 0.25) is 0 Å². The number of benzene rings is 3. The van der Waals surface area contributed by atoms with Crippen molar-refractivity contribution in [3.63, 3.8) is 0 Å². The predicted octanol–water partition coefficient (Wildman–Crippen LogP) is 7.26.